The first-order chi connectivity index (χ1) is 9.52. The van der Waals surface area contributed by atoms with E-state index in [9.17, 15) is 0 Å². The Bertz CT molecular complexity index is 467. The molecule has 2 aliphatic heterocycles. The minimum Gasteiger partial charge on any atom is -0.316 e. The van der Waals surface area contributed by atoms with Crippen molar-refractivity contribution in [3.8, 4) is 0 Å². The van der Waals surface area contributed by atoms with E-state index in [1.54, 1.807) is 11.1 Å². The van der Waals surface area contributed by atoms with E-state index in [4.69, 9.17) is 0 Å². The molecule has 1 unspecified atom stereocenters. The molecular formula is C18H28N2. The molecule has 2 aliphatic rings. The lowest BCUT2D eigenvalue weighted by Gasteiger charge is -2.27. The maximum absolute atomic E-state index is 3.53. The molecule has 1 aromatic rings. The third kappa shape index (κ3) is 3.07. The molecule has 2 heterocycles. The van der Waals surface area contributed by atoms with Crippen LogP contribution < -0.4 is 5.32 Å². The Morgan fingerprint density at radius 3 is 2.70 bits per heavy atom. The summed E-state index contributed by atoms with van der Waals surface area (Å²) in [5.41, 5.74) is 4.83. The number of nitrogens with zero attached hydrogens (tertiary/aromatic N) is 1. The van der Waals surface area contributed by atoms with Crippen LogP contribution in [0.1, 0.15) is 50.3 Å². The quantitative estimate of drug-likeness (QED) is 0.888. The molecule has 1 fully saturated rings. The predicted octanol–water partition coefficient (Wildman–Crippen LogP) is 3.30. The number of fused-ring (bicyclic) bond motifs is 1. The highest BCUT2D eigenvalue weighted by atomic mass is 15.1. The molecule has 1 aromatic carbocycles. The van der Waals surface area contributed by atoms with Crippen LogP contribution in [0.5, 0.6) is 0 Å². The van der Waals surface area contributed by atoms with Crippen LogP contribution in [0.3, 0.4) is 0 Å². The zero-order valence-corrected chi connectivity index (χ0v) is 13.2. The monoisotopic (exact) mass is 272 g/mol. The van der Waals surface area contributed by atoms with Crippen molar-refractivity contribution >= 4 is 0 Å². The Kier molecular flexibility index (Phi) is 3.87. The van der Waals surface area contributed by atoms with E-state index in [1.165, 1.54) is 38.0 Å². The van der Waals surface area contributed by atoms with Gasteiger partial charge in [-0.1, -0.05) is 39.0 Å². The Morgan fingerprint density at radius 2 is 2.00 bits per heavy atom. The third-order valence-electron chi connectivity index (χ3n) is 4.78. The molecule has 3 rings (SSSR count). The van der Waals surface area contributed by atoms with Crippen LogP contribution >= 0.6 is 0 Å². The van der Waals surface area contributed by atoms with Gasteiger partial charge in [0.25, 0.3) is 0 Å². The zero-order chi connectivity index (χ0) is 14.2. The minimum atomic E-state index is 0.260. The van der Waals surface area contributed by atoms with Crippen LogP contribution in [-0.4, -0.2) is 24.5 Å². The standard InChI is InChI=1S/C18H28N2/c1-18(2,3)17-7-6-15-12-20(13-16(15)9-17)11-14-5-4-8-19-10-14/h6-7,9,14,19H,4-5,8,10-13H2,1-3H3. The minimum absolute atomic E-state index is 0.260. The molecule has 2 nitrogen and oxygen atoms in total. The van der Waals surface area contributed by atoms with E-state index in [0.717, 1.165) is 19.0 Å². The summed E-state index contributed by atoms with van der Waals surface area (Å²) >= 11 is 0. The maximum Gasteiger partial charge on any atom is 0.0240 e. The molecule has 0 bridgehead atoms. The summed E-state index contributed by atoms with van der Waals surface area (Å²) in [5, 5.41) is 3.53. The molecule has 0 aromatic heterocycles. The summed E-state index contributed by atoms with van der Waals surface area (Å²) in [6.45, 7) is 12.9. The summed E-state index contributed by atoms with van der Waals surface area (Å²) in [5.74, 6) is 0.847. The van der Waals surface area contributed by atoms with Crippen LogP contribution in [0.4, 0.5) is 0 Å². The van der Waals surface area contributed by atoms with Crippen molar-refractivity contribution in [1.29, 1.82) is 0 Å². The lowest BCUT2D eigenvalue weighted by molar-refractivity contribution is 0.211. The smallest absolute Gasteiger partial charge is 0.0240 e. The first-order valence-corrected chi connectivity index (χ1v) is 8.08. The van der Waals surface area contributed by atoms with Crippen molar-refractivity contribution in [3.05, 3.63) is 34.9 Å². The van der Waals surface area contributed by atoms with Crippen LogP contribution in [0.15, 0.2) is 18.2 Å². The molecule has 0 aliphatic carbocycles. The molecule has 0 radical (unpaired) electrons. The number of hydrogen-bond donors (Lipinski definition) is 1. The molecule has 2 heteroatoms. The van der Waals surface area contributed by atoms with E-state index in [-0.39, 0.29) is 5.41 Å². The van der Waals surface area contributed by atoms with Crippen molar-refractivity contribution in [2.75, 3.05) is 19.6 Å². The van der Waals surface area contributed by atoms with E-state index in [2.05, 4.69) is 49.2 Å². The van der Waals surface area contributed by atoms with E-state index in [1.807, 2.05) is 0 Å². The Labute approximate surface area is 123 Å². The topological polar surface area (TPSA) is 15.3 Å². The van der Waals surface area contributed by atoms with Gasteiger partial charge < -0.3 is 5.32 Å². The summed E-state index contributed by atoms with van der Waals surface area (Å²) in [6.07, 6.45) is 2.74. The third-order valence-corrected chi connectivity index (χ3v) is 4.78. The number of hydrogen-bond acceptors (Lipinski definition) is 2. The van der Waals surface area contributed by atoms with Crippen molar-refractivity contribution in [1.82, 2.24) is 10.2 Å². The van der Waals surface area contributed by atoms with Gasteiger partial charge in [0, 0.05) is 19.6 Å². The average Bonchev–Trinajstić information content (AvgIpc) is 2.80. The largest absolute Gasteiger partial charge is 0.316 e. The highest BCUT2D eigenvalue weighted by Crippen LogP contribution is 2.30. The second-order valence-corrected chi connectivity index (χ2v) is 7.62. The molecule has 110 valence electrons. The van der Waals surface area contributed by atoms with Crippen molar-refractivity contribution in [2.45, 2.75) is 52.1 Å². The second-order valence-electron chi connectivity index (χ2n) is 7.62. The van der Waals surface area contributed by atoms with Crippen LogP contribution in [-0.2, 0) is 18.5 Å². The predicted molar refractivity (Wildman–Crippen MR) is 84.8 cm³/mol. The van der Waals surface area contributed by atoms with E-state index < -0.39 is 0 Å². The van der Waals surface area contributed by atoms with Gasteiger partial charge in [-0.25, -0.2) is 0 Å². The fourth-order valence-electron chi connectivity index (χ4n) is 3.51. The van der Waals surface area contributed by atoms with E-state index >= 15 is 0 Å². The highest BCUT2D eigenvalue weighted by Gasteiger charge is 2.24. The molecule has 1 atom stereocenters. The Hall–Kier alpha value is -0.860. The molecule has 0 saturated carbocycles. The number of benzene rings is 1. The summed E-state index contributed by atoms with van der Waals surface area (Å²) in [4.78, 5) is 2.63. The van der Waals surface area contributed by atoms with Crippen molar-refractivity contribution in [3.63, 3.8) is 0 Å². The molecule has 0 spiro atoms. The second kappa shape index (κ2) is 5.50. The first-order valence-electron chi connectivity index (χ1n) is 8.08. The first kappa shape index (κ1) is 14.1. The van der Waals surface area contributed by atoms with Gasteiger partial charge >= 0.3 is 0 Å². The van der Waals surface area contributed by atoms with Crippen LogP contribution in [0.25, 0.3) is 0 Å². The van der Waals surface area contributed by atoms with Gasteiger partial charge in [-0.05, 0) is 54.0 Å². The highest BCUT2D eigenvalue weighted by molar-refractivity contribution is 5.37. The zero-order valence-electron chi connectivity index (χ0n) is 13.2. The number of piperidine rings is 1. The molecule has 0 amide bonds. The Morgan fingerprint density at radius 1 is 1.20 bits per heavy atom. The fourth-order valence-corrected chi connectivity index (χ4v) is 3.51. The van der Waals surface area contributed by atoms with Gasteiger partial charge in [-0.15, -0.1) is 0 Å². The van der Waals surface area contributed by atoms with Gasteiger partial charge in [-0.2, -0.15) is 0 Å². The van der Waals surface area contributed by atoms with E-state index in [0.29, 0.717) is 0 Å². The maximum atomic E-state index is 3.53. The van der Waals surface area contributed by atoms with Gasteiger partial charge in [0.2, 0.25) is 0 Å². The Balaban J connectivity index is 1.66. The van der Waals surface area contributed by atoms with Crippen LogP contribution in [0.2, 0.25) is 0 Å². The molecule has 20 heavy (non-hydrogen) atoms. The summed E-state index contributed by atoms with van der Waals surface area (Å²) < 4.78 is 0. The fraction of sp³-hybridized carbons (Fsp3) is 0.667. The van der Waals surface area contributed by atoms with Gasteiger partial charge in [0.15, 0.2) is 0 Å². The van der Waals surface area contributed by atoms with Gasteiger partial charge in [0.1, 0.15) is 0 Å². The van der Waals surface area contributed by atoms with Crippen molar-refractivity contribution < 1.29 is 0 Å². The summed E-state index contributed by atoms with van der Waals surface area (Å²) in [6, 6.07) is 7.12. The lowest BCUT2D eigenvalue weighted by Crippen LogP contribution is -2.36. The van der Waals surface area contributed by atoms with Crippen molar-refractivity contribution in [2.24, 2.45) is 5.92 Å². The van der Waals surface area contributed by atoms with Crippen LogP contribution in [0, 0.1) is 5.92 Å². The summed E-state index contributed by atoms with van der Waals surface area (Å²) in [7, 11) is 0. The average molecular weight is 272 g/mol. The number of nitrogens with one attached hydrogen (secondary N) is 1. The lowest BCUT2D eigenvalue weighted by atomic mass is 9.85. The molecular weight excluding hydrogens is 244 g/mol. The normalized spacial score (nSPS) is 23.9. The SMILES string of the molecule is CC(C)(C)c1ccc2c(c1)CN(CC1CCCNC1)C2. The molecule has 1 saturated heterocycles. The molecule has 1 N–H and O–H groups in total. The van der Waals surface area contributed by atoms with Gasteiger partial charge in [-0.3, -0.25) is 4.90 Å². The van der Waals surface area contributed by atoms with Gasteiger partial charge in [0.05, 0.1) is 0 Å². The number of rotatable bonds is 2.